The van der Waals surface area contributed by atoms with Crippen LogP contribution in [0.4, 0.5) is 15.8 Å². The number of hydrogen-bond donors (Lipinski definition) is 2. The van der Waals surface area contributed by atoms with Crippen molar-refractivity contribution in [2.75, 3.05) is 23.7 Å². The second-order valence-corrected chi connectivity index (χ2v) is 7.19. The number of halogens is 3. The SMILES string of the molecule is C=CC(=O)N1CC2(C1)Nc1c(cnc3c(F)c(Br)c(Cl)cc13)NC2=O. The van der Waals surface area contributed by atoms with Crippen molar-refractivity contribution >= 4 is 61.6 Å². The number of nitrogens with zero attached hydrogens (tertiary/aromatic N) is 2. The Balaban J connectivity index is 1.81. The Kier molecular flexibility index (Phi) is 3.52. The lowest BCUT2D eigenvalue weighted by molar-refractivity contribution is -0.138. The molecule has 1 aromatic carbocycles. The maximum atomic E-state index is 14.4. The molecule has 2 aliphatic rings. The number of carbonyl (C=O) groups excluding carboxylic acids is 2. The molecule has 25 heavy (non-hydrogen) atoms. The van der Waals surface area contributed by atoms with Gasteiger partial charge in [0.1, 0.15) is 5.52 Å². The number of pyridine rings is 1. The van der Waals surface area contributed by atoms with E-state index in [-0.39, 0.29) is 39.9 Å². The van der Waals surface area contributed by atoms with Gasteiger partial charge < -0.3 is 15.5 Å². The second kappa shape index (κ2) is 5.40. The lowest BCUT2D eigenvalue weighted by atomic mass is 9.86. The van der Waals surface area contributed by atoms with Crippen LogP contribution in [0.5, 0.6) is 0 Å². The molecule has 2 amide bonds. The smallest absolute Gasteiger partial charge is 0.253 e. The minimum atomic E-state index is -0.962. The van der Waals surface area contributed by atoms with Crippen molar-refractivity contribution in [2.24, 2.45) is 0 Å². The lowest BCUT2D eigenvalue weighted by Gasteiger charge is -2.51. The zero-order chi connectivity index (χ0) is 17.9. The third-order valence-corrected chi connectivity index (χ3v) is 5.75. The number of likely N-dealkylation sites (tertiary alicyclic amines) is 1. The normalized spacial score (nSPS) is 17.6. The van der Waals surface area contributed by atoms with Gasteiger partial charge in [-0.15, -0.1) is 0 Å². The fourth-order valence-corrected chi connectivity index (χ4v) is 3.62. The van der Waals surface area contributed by atoms with E-state index >= 15 is 0 Å². The molecule has 0 aliphatic carbocycles. The summed E-state index contributed by atoms with van der Waals surface area (Å²) in [7, 11) is 0. The molecular weight excluding hydrogens is 415 g/mol. The Labute approximate surface area is 155 Å². The van der Waals surface area contributed by atoms with Crippen molar-refractivity contribution in [1.82, 2.24) is 9.88 Å². The second-order valence-electron chi connectivity index (χ2n) is 5.99. The van der Waals surface area contributed by atoms with E-state index in [1.807, 2.05) is 0 Å². The minimum absolute atomic E-state index is 0.132. The van der Waals surface area contributed by atoms with Crippen LogP contribution in [0.25, 0.3) is 10.9 Å². The van der Waals surface area contributed by atoms with Crippen LogP contribution in [0.2, 0.25) is 5.02 Å². The minimum Gasteiger partial charge on any atom is -0.366 e. The van der Waals surface area contributed by atoms with E-state index < -0.39 is 11.4 Å². The highest BCUT2D eigenvalue weighted by molar-refractivity contribution is 9.10. The largest absolute Gasteiger partial charge is 0.366 e. The molecule has 128 valence electrons. The number of amides is 2. The van der Waals surface area contributed by atoms with E-state index in [1.165, 1.54) is 17.2 Å². The van der Waals surface area contributed by atoms with E-state index in [1.54, 1.807) is 6.07 Å². The highest BCUT2D eigenvalue weighted by atomic mass is 79.9. The summed E-state index contributed by atoms with van der Waals surface area (Å²) in [6, 6.07) is 1.58. The van der Waals surface area contributed by atoms with Crippen molar-refractivity contribution in [3.63, 3.8) is 0 Å². The first kappa shape index (κ1) is 16.3. The first-order chi connectivity index (χ1) is 11.9. The van der Waals surface area contributed by atoms with Crippen molar-refractivity contribution in [1.29, 1.82) is 0 Å². The van der Waals surface area contributed by atoms with Crippen LogP contribution in [-0.2, 0) is 9.59 Å². The monoisotopic (exact) mass is 424 g/mol. The number of aromatic nitrogens is 1. The van der Waals surface area contributed by atoms with Gasteiger partial charge in [0, 0.05) is 5.39 Å². The summed E-state index contributed by atoms with van der Waals surface area (Å²) in [5, 5.41) is 6.59. The maximum Gasteiger partial charge on any atom is 0.253 e. The zero-order valence-corrected chi connectivity index (χ0v) is 15.0. The average molecular weight is 426 g/mol. The Morgan fingerprint density at radius 1 is 1.52 bits per heavy atom. The van der Waals surface area contributed by atoms with Crippen molar-refractivity contribution < 1.29 is 14.0 Å². The van der Waals surface area contributed by atoms with E-state index in [4.69, 9.17) is 11.6 Å². The average Bonchev–Trinajstić information content (AvgIpc) is 2.56. The number of fused-ring (bicyclic) bond motifs is 3. The van der Waals surface area contributed by atoms with Crippen molar-refractivity contribution in [3.8, 4) is 0 Å². The van der Waals surface area contributed by atoms with Gasteiger partial charge in [-0.3, -0.25) is 14.6 Å². The third-order valence-electron chi connectivity index (χ3n) is 4.45. The molecule has 0 saturated carbocycles. The molecule has 9 heteroatoms. The van der Waals surface area contributed by atoms with Gasteiger partial charge in [0.15, 0.2) is 11.4 Å². The first-order valence-corrected chi connectivity index (χ1v) is 8.50. The molecule has 4 rings (SSSR count). The Morgan fingerprint density at radius 2 is 2.24 bits per heavy atom. The molecule has 1 spiro atoms. The van der Waals surface area contributed by atoms with Crippen LogP contribution in [0, 0.1) is 5.82 Å². The van der Waals surface area contributed by atoms with Crippen LogP contribution < -0.4 is 10.6 Å². The van der Waals surface area contributed by atoms with Crippen LogP contribution in [-0.4, -0.2) is 40.3 Å². The molecule has 0 bridgehead atoms. The first-order valence-electron chi connectivity index (χ1n) is 7.33. The molecular formula is C16H11BrClFN4O2. The van der Waals surface area contributed by atoms with Gasteiger partial charge in [-0.1, -0.05) is 18.2 Å². The number of rotatable bonds is 1. The van der Waals surface area contributed by atoms with E-state index in [9.17, 15) is 14.0 Å². The molecule has 6 nitrogen and oxygen atoms in total. The van der Waals surface area contributed by atoms with Crippen LogP contribution in [0.1, 0.15) is 0 Å². The van der Waals surface area contributed by atoms with Gasteiger partial charge >= 0.3 is 0 Å². The number of carbonyl (C=O) groups is 2. The summed E-state index contributed by atoms with van der Waals surface area (Å²) < 4.78 is 14.6. The van der Waals surface area contributed by atoms with Crippen molar-refractivity contribution in [2.45, 2.75) is 5.54 Å². The fourth-order valence-electron chi connectivity index (χ4n) is 3.12. The van der Waals surface area contributed by atoms with Crippen LogP contribution >= 0.6 is 27.5 Å². The predicted octanol–water partition coefficient (Wildman–Crippen LogP) is 2.92. The standard InChI is InChI=1S/C16H11BrClFN4O2/c1-2-10(24)23-5-16(6-23)15(25)21-9-4-20-14-7(13(9)22-16)3-8(18)11(17)12(14)19/h2-4,22H,1,5-6H2,(H,21,25). The topological polar surface area (TPSA) is 74.3 Å². The van der Waals surface area contributed by atoms with E-state index in [2.05, 4.69) is 38.1 Å². The lowest BCUT2D eigenvalue weighted by Crippen LogP contribution is -2.73. The third kappa shape index (κ3) is 2.24. The van der Waals surface area contributed by atoms with E-state index in [0.29, 0.717) is 16.8 Å². The fraction of sp³-hybridized carbons (Fsp3) is 0.188. The van der Waals surface area contributed by atoms with Gasteiger partial charge in [-0.25, -0.2) is 4.39 Å². The summed E-state index contributed by atoms with van der Waals surface area (Å²) in [6.45, 7) is 3.83. The highest BCUT2D eigenvalue weighted by Crippen LogP contribution is 2.42. The maximum absolute atomic E-state index is 14.4. The van der Waals surface area contributed by atoms with Crippen molar-refractivity contribution in [3.05, 3.63) is 40.2 Å². The quantitative estimate of drug-likeness (QED) is 0.544. The van der Waals surface area contributed by atoms with Gasteiger partial charge in [0.25, 0.3) is 5.91 Å². The van der Waals surface area contributed by atoms with Gasteiger partial charge in [0.2, 0.25) is 5.91 Å². The van der Waals surface area contributed by atoms with Gasteiger partial charge in [0.05, 0.1) is 40.2 Å². The number of hydrogen-bond acceptors (Lipinski definition) is 4. The molecule has 3 heterocycles. The number of anilines is 2. The Hall–Kier alpha value is -2.19. The highest BCUT2D eigenvalue weighted by Gasteiger charge is 2.53. The Morgan fingerprint density at radius 3 is 2.92 bits per heavy atom. The molecule has 0 radical (unpaired) electrons. The van der Waals surface area contributed by atoms with Gasteiger partial charge in [-0.2, -0.15) is 0 Å². The van der Waals surface area contributed by atoms with Gasteiger partial charge in [-0.05, 0) is 28.1 Å². The van der Waals surface area contributed by atoms with Crippen LogP contribution in [0.15, 0.2) is 29.4 Å². The molecule has 2 aromatic rings. The summed E-state index contributed by atoms with van der Waals surface area (Å²) in [5.41, 5.74) is 0.140. The molecule has 2 N–H and O–H groups in total. The number of benzene rings is 1. The Bertz CT molecular complexity index is 974. The summed E-state index contributed by atoms with van der Waals surface area (Å²) in [6.07, 6.45) is 2.59. The zero-order valence-electron chi connectivity index (χ0n) is 12.7. The number of nitrogens with one attached hydrogen (secondary N) is 2. The summed E-state index contributed by atoms with van der Waals surface area (Å²) in [5.74, 6) is -1.09. The molecule has 2 aliphatic heterocycles. The van der Waals surface area contributed by atoms with Crippen LogP contribution in [0.3, 0.4) is 0 Å². The molecule has 0 unspecified atom stereocenters. The molecule has 1 aromatic heterocycles. The predicted molar refractivity (Wildman–Crippen MR) is 96.2 cm³/mol. The summed E-state index contributed by atoms with van der Waals surface area (Å²) in [4.78, 5) is 29.7. The molecule has 1 saturated heterocycles. The summed E-state index contributed by atoms with van der Waals surface area (Å²) >= 11 is 9.17. The van der Waals surface area contributed by atoms with E-state index in [0.717, 1.165) is 0 Å². The molecule has 0 atom stereocenters. The molecule has 1 fully saturated rings.